The molecule has 0 aromatic carbocycles. The van der Waals surface area contributed by atoms with E-state index in [4.69, 9.17) is 5.73 Å². The van der Waals surface area contributed by atoms with Gasteiger partial charge in [-0.2, -0.15) is 0 Å². The summed E-state index contributed by atoms with van der Waals surface area (Å²) in [7, 11) is 5.67. The number of nitrogen functional groups attached to an aromatic ring is 1. The average Bonchev–Trinajstić information content (AvgIpc) is 2.40. The number of aromatic amines is 1. The number of likely N-dealkylation sites (N-methyl/N-ethyl adjacent to an activating group) is 2. The molecule has 112 valence electrons. The number of anilines is 2. The largest absolute Gasteiger partial charge is 0.383 e. The van der Waals surface area contributed by atoms with Crippen molar-refractivity contribution >= 4 is 11.5 Å². The molecule has 1 atom stereocenters. The van der Waals surface area contributed by atoms with Gasteiger partial charge in [-0.3, -0.25) is 19.2 Å². The van der Waals surface area contributed by atoms with Gasteiger partial charge in [-0.15, -0.1) is 0 Å². The summed E-state index contributed by atoms with van der Waals surface area (Å²) in [4.78, 5) is 29.9. The van der Waals surface area contributed by atoms with Gasteiger partial charge in [0.2, 0.25) is 0 Å². The maximum Gasteiger partial charge on any atom is 0.329 e. The predicted octanol–water partition coefficient (Wildman–Crippen LogP) is -1.69. The van der Waals surface area contributed by atoms with Gasteiger partial charge in [0, 0.05) is 39.3 Å². The van der Waals surface area contributed by atoms with Gasteiger partial charge in [-0.05, 0) is 14.1 Å². The summed E-state index contributed by atoms with van der Waals surface area (Å²) >= 11 is 0. The van der Waals surface area contributed by atoms with Crippen molar-refractivity contribution < 1.29 is 0 Å². The second-order valence-electron chi connectivity index (χ2n) is 5.36. The van der Waals surface area contributed by atoms with Crippen molar-refractivity contribution in [3.63, 3.8) is 0 Å². The second-order valence-corrected chi connectivity index (χ2v) is 5.36. The number of piperazine rings is 1. The van der Waals surface area contributed by atoms with Gasteiger partial charge >= 0.3 is 5.69 Å². The third-order valence-electron chi connectivity index (χ3n) is 3.86. The predicted molar refractivity (Wildman–Crippen MR) is 79.1 cm³/mol. The molecule has 0 radical (unpaired) electrons. The van der Waals surface area contributed by atoms with E-state index in [0.29, 0.717) is 12.6 Å². The summed E-state index contributed by atoms with van der Waals surface area (Å²) in [5.74, 6) is 0.158. The van der Waals surface area contributed by atoms with Crippen molar-refractivity contribution in [2.45, 2.75) is 6.04 Å². The summed E-state index contributed by atoms with van der Waals surface area (Å²) in [5, 5.41) is 3.07. The van der Waals surface area contributed by atoms with E-state index < -0.39 is 11.2 Å². The van der Waals surface area contributed by atoms with Crippen LogP contribution in [-0.2, 0) is 7.05 Å². The first-order valence-electron chi connectivity index (χ1n) is 6.61. The van der Waals surface area contributed by atoms with E-state index >= 15 is 0 Å². The molecule has 0 spiro atoms. The minimum absolute atomic E-state index is 0.158. The molecule has 0 bridgehead atoms. The summed E-state index contributed by atoms with van der Waals surface area (Å²) in [5.41, 5.74) is 5.09. The zero-order chi connectivity index (χ0) is 14.9. The molecule has 2 heterocycles. The minimum atomic E-state index is -0.507. The molecule has 1 aromatic heterocycles. The lowest BCUT2D eigenvalue weighted by atomic mass is 10.2. The summed E-state index contributed by atoms with van der Waals surface area (Å²) in [6, 6.07) is 0.296. The summed E-state index contributed by atoms with van der Waals surface area (Å²) in [6.07, 6.45) is 0. The average molecular weight is 282 g/mol. The summed E-state index contributed by atoms with van der Waals surface area (Å²) < 4.78 is 1.22. The highest BCUT2D eigenvalue weighted by atomic mass is 16.2. The maximum absolute atomic E-state index is 11.8. The molecule has 4 N–H and O–H groups in total. The molecule has 0 saturated carbocycles. The van der Waals surface area contributed by atoms with E-state index in [0.717, 1.165) is 19.6 Å². The number of aromatic nitrogens is 2. The van der Waals surface area contributed by atoms with Gasteiger partial charge in [-0.25, -0.2) is 4.79 Å². The Labute approximate surface area is 117 Å². The van der Waals surface area contributed by atoms with Crippen molar-refractivity contribution in [2.75, 3.05) is 51.3 Å². The van der Waals surface area contributed by atoms with E-state index in [1.807, 2.05) is 0 Å². The molecule has 0 amide bonds. The normalized spacial score (nSPS) is 21.1. The third-order valence-corrected chi connectivity index (χ3v) is 3.86. The van der Waals surface area contributed by atoms with Crippen LogP contribution in [0.15, 0.2) is 9.59 Å². The van der Waals surface area contributed by atoms with Crippen LogP contribution in [0.1, 0.15) is 0 Å². The molecule has 2 rings (SSSR count). The van der Waals surface area contributed by atoms with Crippen LogP contribution in [-0.4, -0.2) is 65.7 Å². The number of H-pyrrole nitrogens is 1. The van der Waals surface area contributed by atoms with Crippen LogP contribution in [0.4, 0.5) is 11.5 Å². The SMILES string of the molecule is CN1CCN(C)C(CNc2c(N)n(C)c(=O)[nH]c2=O)C1. The van der Waals surface area contributed by atoms with Crippen LogP contribution < -0.4 is 22.3 Å². The first kappa shape index (κ1) is 14.6. The van der Waals surface area contributed by atoms with Crippen LogP contribution in [0.5, 0.6) is 0 Å². The zero-order valence-corrected chi connectivity index (χ0v) is 12.1. The highest BCUT2D eigenvalue weighted by Gasteiger charge is 2.22. The first-order valence-corrected chi connectivity index (χ1v) is 6.61. The lowest BCUT2D eigenvalue weighted by Crippen LogP contribution is -2.52. The molecule has 8 heteroatoms. The Kier molecular flexibility index (Phi) is 4.15. The van der Waals surface area contributed by atoms with Crippen LogP contribution >= 0.6 is 0 Å². The number of nitrogens with zero attached hydrogens (tertiary/aromatic N) is 3. The number of rotatable bonds is 3. The second kappa shape index (κ2) is 5.68. The molecule has 1 fully saturated rings. The van der Waals surface area contributed by atoms with Gasteiger partial charge in [-0.1, -0.05) is 0 Å². The molecule has 1 aliphatic heterocycles. The van der Waals surface area contributed by atoms with Gasteiger partial charge in [0.1, 0.15) is 11.5 Å². The molecule has 1 aliphatic rings. The third kappa shape index (κ3) is 2.86. The molecule has 20 heavy (non-hydrogen) atoms. The fourth-order valence-electron chi connectivity index (χ4n) is 2.35. The van der Waals surface area contributed by atoms with E-state index in [-0.39, 0.29) is 11.5 Å². The van der Waals surface area contributed by atoms with E-state index in [1.165, 1.54) is 11.6 Å². The number of nitrogens with two attached hydrogens (primary N) is 1. The van der Waals surface area contributed by atoms with Crippen LogP contribution in [0.25, 0.3) is 0 Å². The van der Waals surface area contributed by atoms with Gasteiger partial charge < -0.3 is 16.0 Å². The highest BCUT2D eigenvalue weighted by molar-refractivity contribution is 5.60. The Morgan fingerprint density at radius 1 is 1.30 bits per heavy atom. The van der Waals surface area contributed by atoms with Crippen molar-refractivity contribution in [3.8, 4) is 0 Å². The van der Waals surface area contributed by atoms with E-state index in [9.17, 15) is 9.59 Å². The van der Waals surface area contributed by atoms with Crippen molar-refractivity contribution in [2.24, 2.45) is 7.05 Å². The fourth-order valence-corrected chi connectivity index (χ4v) is 2.35. The van der Waals surface area contributed by atoms with Crippen molar-refractivity contribution in [1.82, 2.24) is 19.4 Å². The lowest BCUT2D eigenvalue weighted by Gasteiger charge is -2.37. The Hall–Kier alpha value is -1.80. The molecular formula is C12H22N6O2. The summed E-state index contributed by atoms with van der Waals surface area (Å²) in [6.45, 7) is 3.55. The van der Waals surface area contributed by atoms with Crippen LogP contribution in [0.3, 0.4) is 0 Å². The van der Waals surface area contributed by atoms with E-state index in [2.05, 4.69) is 34.2 Å². The number of hydrogen-bond donors (Lipinski definition) is 3. The Morgan fingerprint density at radius 3 is 2.70 bits per heavy atom. The van der Waals surface area contributed by atoms with Crippen LogP contribution in [0.2, 0.25) is 0 Å². The molecule has 1 saturated heterocycles. The molecule has 0 aliphatic carbocycles. The fraction of sp³-hybridized carbons (Fsp3) is 0.667. The van der Waals surface area contributed by atoms with Crippen molar-refractivity contribution in [1.29, 1.82) is 0 Å². The number of nitrogens with one attached hydrogen (secondary N) is 2. The zero-order valence-electron chi connectivity index (χ0n) is 12.1. The molecular weight excluding hydrogens is 260 g/mol. The Balaban J connectivity index is 2.13. The molecule has 1 aromatic rings. The van der Waals surface area contributed by atoms with Crippen molar-refractivity contribution in [3.05, 3.63) is 20.8 Å². The van der Waals surface area contributed by atoms with E-state index in [1.54, 1.807) is 0 Å². The lowest BCUT2D eigenvalue weighted by molar-refractivity contribution is 0.122. The topological polar surface area (TPSA) is 99.4 Å². The standard InChI is InChI=1S/C12H22N6O2/c1-16-4-5-17(2)8(7-16)6-14-9-10(13)18(3)12(20)15-11(9)19/h8,14H,4-7,13H2,1-3H3,(H,15,19,20). The molecule has 1 unspecified atom stereocenters. The number of hydrogen-bond acceptors (Lipinski definition) is 6. The Morgan fingerprint density at radius 2 is 2.00 bits per heavy atom. The Bertz CT molecular complexity index is 593. The van der Waals surface area contributed by atoms with Gasteiger partial charge in [0.05, 0.1) is 0 Å². The quantitative estimate of drug-likeness (QED) is 0.612. The highest BCUT2D eigenvalue weighted by Crippen LogP contribution is 2.11. The van der Waals surface area contributed by atoms with Gasteiger partial charge in [0.25, 0.3) is 5.56 Å². The molecule has 8 nitrogen and oxygen atoms in total. The first-order chi connectivity index (χ1) is 9.40. The maximum atomic E-state index is 11.8. The van der Waals surface area contributed by atoms with Gasteiger partial charge in [0.15, 0.2) is 0 Å². The minimum Gasteiger partial charge on any atom is -0.383 e. The van der Waals surface area contributed by atoms with Crippen LogP contribution in [0, 0.1) is 0 Å². The monoisotopic (exact) mass is 282 g/mol. The smallest absolute Gasteiger partial charge is 0.329 e.